The van der Waals surface area contributed by atoms with Crippen molar-refractivity contribution >= 4 is 0 Å². The Labute approximate surface area is 125 Å². The average molecular weight is 280 g/mol. The van der Waals surface area contributed by atoms with Crippen LogP contribution in [0.15, 0.2) is 36.5 Å². The summed E-state index contributed by atoms with van der Waals surface area (Å²) in [5, 5.41) is 9.75. The lowest BCUT2D eigenvalue weighted by atomic mass is 9.86. The molecular formula is C18H20N2O. The predicted octanol–water partition coefficient (Wildman–Crippen LogP) is 3.14. The number of hydrogen-bond acceptors (Lipinski definition) is 3. The topological polar surface area (TPSA) is 36.4 Å². The zero-order chi connectivity index (χ0) is 14.4. The van der Waals surface area contributed by atoms with E-state index in [4.69, 9.17) is 0 Å². The minimum atomic E-state index is 0.289. The minimum absolute atomic E-state index is 0.289. The van der Waals surface area contributed by atoms with Crippen molar-refractivity contribution in [3.63, 3.8) is 0 Å². The smallest absolute Gasteiger partial charge is 0.115 e. The fourth-order valence-electron chi connectivity index (χ4n) is 3.52. The van der Waals surface area contributed by atoms with Crippen molar-refractivity contribution in [1.82, 2.24) is 9.88 Å². The number of phenols is 1. The summed E-state index contributed by atoms with van der Waals surface area (Å²) in [5.74, 6) is 0.397. The van der Waals surface area contributed by atoms with E-state index in [0.717, 1.165) is 25.3 Å². The van der Waals surface area contributed by atoms with Crippen molar-refractivity contribution in [2.45, 2.75) is 38.3 Å². The third kappa shape index (κ3) is 2.32. The number of aryl methyl sites for hydroxylation is 1. The largest absolute Gasteiger partial charge is 0.508 e. The first-order valence-corrected chi connectivity index (χ1v) is 7.61. The van der Waals surface area contributed by atoms with Crippen LogP contribution < -0.4 is 0 Å². The van der Waals surface area contributed by atoms with Crippen LogP contribution in [0.1, 0.15) is 35.2 Å². The number of nitrogens with zero attached hydrogens (tertiary/aromatic N) is 2. The number of benzene rings is 1. The van der Waals surface area contributed by atoms with Crippen molar-refractivity contribution in [1.29, 1.82) is 0 Å². The number of aromatic hydroxyl groups is 1. The number of aromatic nitrogens is 1. The fourth-order valence-corrected chi connectivity index (χ4v) is 3.52. The molecule has 1 aromatic carbocycles. The van der Waals surface area contributed by atoms with E-state index in [1.54, 1.807) is 0 Å². The Morgan fingerprint density at radius 2 is 2.10 bits per heavy atom. The van der Waals surface area contributed by atoms with E-state index in [0.29, 0.717) is 5.75 Å². The normalized spacial score (nSPS) is 19.5. The second-order valence-electron chi connectivity index (χ2n) is 6.59. The van der Waals surface area contributed by atoms with Crippen molar-refractivity contribution in [3.8, 4) is 5.75 Å². The summed E-state index contributed by atoms with van der Waals surface area (Å²) in [6.45, 7) is 5.01. The Morgan fingerprint density at radius 3 is 2.81 bits per heavy atom. The van der Waals surface area contributed by atoms with Gasteiger partial charge in [-0.15, -0.1) is 0 Å². The van der Waals surface area contributed by atoms with Crippen LogP contribution in [0.2, 0.25) is 0 Å². The first kappa shape index (κ1) is 12.8. The Morgan fingerprint density at radius 1 is 1.24 bits per heavy atom. The molecule has 3 heteroatoms. The van der Waals surface area contributed by atoms with Crippen LogP contribution in [0.5, 0.6) is 5.75 Å². The Balaban J connectivity index is 1.60. The molecule has 1 saturated carbocycles. The highest BCUT2D eigenvalue weighted by molar-refractivity contribution is 5.45. The van der Waals surface area contributed by atoms with Gasteiger partial charge < -0.3 is 5.11 Å². The van der Waals surface area contributed by atoms with Crippen LogP contribution in [0, 0.1) is 6.92 Å². The minimum Gasteiger partial charge on any atom is -0.508 e. The molecule has 1 fully saturated rings. The Bertz CT molecular complexity index is 674. The lowest BCUT2D eigenvalue weighted by Gasteiger charge is -2.35. The maximum Gasteiger partial charge on any atom is 0.115 e. The van der Waals surface area contributed by atoms with Gasteiger partial charge in [-0.05, 0) is 54.7 Å². The molecule has 21 heavy (non-hydrogen) atoms. The van der Waals surface area contributed by atoms with Gasteiger partial charge in [0.25, 0.3) is 0 Å². The summed E-state index contributed by atoms with van der Waals surface area (Å²) >= 11 is 0. The van der Waals surface area contributed by atoms with Crippen LogP contribution in [0.25, 0.3) is 0 Å². The third-order valence-electron chi connectivity index (χ3n) is 4.80. The van der Waals surface area contributed by atoms with Crippen molar-refractivity contribution in [2.24, 2.45) is 0 Å². The summed E-state index contributed by atoms with van der Waals surface area (Å²) in [5.41, 5.74) is 5.37. The molecular weight excluding hydrogens is 260 g/mol. The van der Waals surface area contributed by atoms with Gasteiger partial charge in [0.2, 0.25) is 0 Å². The lowest BCUT2D eigenvalue weighted by molar-refractivity contribution is 0.210. The van der Waals surface area contributed by atoms with E-state index in [1.807, 2.05) is 18.3 Å². The van der Waals surface area contributed by atoms with Gasteiger partial charge in [-0.25, -0.2) is 0 Å². The van der Waals surface area contributed by atoms with Crippen LogP contribution >= 0.6 is 0 Å². The molecule has 2 heterocycles. The molecule has 1 aromatic heterocycles. The SMILES string of the molecule is Cc1ccc(CN2Cc3ccc(O)cc3C3(CC3)C2)nc1. The molecule has 0 amide bonds. The Hall–Kier alpha value is -1.87. The van der Waals surface area contributed by atoms with Gasteiger partial charge in [-0.2, -0.15) is 0 Å². The van der Waals surface area contributed by atoms with E-state index < -0.39 is 0 Å². The summed E-state index contributed by atoms with van der Waals surface area (Å²) in [6.07, 6.45) is 4.42. The summed E-state index contributed by atoms with van der Waals surface area (Å²) < 4.78 is 0. The van der Waals surface area contributed by atoms with Crippen LogP contribution in [0.4, 0.5) is 0 Å². The zero-order valence-corrected chi connectivity index (χ0v) is 12.3. The van der Waals surface area contributed by atoms with Crippen LogP contribution in [0.3, 0.4) is 0 Å². The standard InChI is InChI=1S/C18H20N2O/c1-13-2-4-15(19-9-13)11-20-10-14-3-5-16(21)8-17(14)18(12-20)6-7-18/h2-5,8-9,21H,6-7,10-12H2,1H3. The lowest BCUT2D eigenvalue weighted by Crippen LogP contribution is -2.37. The number of rotatable bonds is 2. The van der Waals surface area contributed by atoms with Gasteiger partial charge >= 0.3 is 0 Å². The molecule has 3 nitrogen and oxygen atoms in total. The van der Waals surface area contributed by atoms with E-state index in [1.165, 1.54) is 29.5 Å². The molecule has 0 radical (unpaired) electrons. The highest BCUT2D eigenvalue weighted by atomic mass is 16.3. The Kier molecular flexibility index (Phi) is 2.79. The summed E-state index contributed by atoms with van der Waals surface area (Å²) in [6, 6.07) is 10.1. The van der Waals surface area contributed by atoms with Crippen LogP contribution in [-0.2, 0) is 18.5 Å². The van der Waals surface area contributed by atoms with E-state index in [9.17, 15) is 5.11 Å². The van der Waals surface area contributed by atoms with E-state index in [-0.39, 0.29) is 5.41 Å². The first-order chi connectivity index (χ1) is 10.1. The molecule has 0 bridgehead atoms. The number of fused-ring (bicyclic) bond motifs is 2. The summed E-state index contributed by atoms with van der Waals surface area (Å²) in [4.78, 5) is 7.02. The van der Waals surface area contributed by atoms with E-state index in [2.05, 4.69) is 35.0 Å². The number of phenolic OH excluding ortho intramolecular Hbond substituents is 1. The zero-order valence-electron chi connectivity index (χ0n) is 12.3. The monoisotopic (exact) mass is 280 g/mol. The highest BCUT2D eigenvalue weighted by Crippen LogP contribution is 2.53. The maximum absolute atomic E-state index is 9.75. The molecule has 1 N–H and O–H groups in total. The molecule has 1 aliphatic heterocycles. The highest BCUT2D eigenvalue weighted by Gasteiger charge is 2.49. The van der Waals surface area contributed by atoms with E-state index >= 15 is 0 Å². The quantitative estimate of drug-likeness (QED) is 0.918. The average Bonchev–Trinajstić information content (AvgIpc) is 3.23. The molecule has 0 atom stereocenters. The molecule has 1 spiro atoms. The maximum atomic E-state index is 9.75. The molecule has 4 rings (SSSR count). The second-order valence-corrected chi connectivity index (χ2v) is 6.59. The second kappa shape index (κ2) is 4.57. The van der Waals surface area contributed by atoms with Crippen molar-refractivity contribution in [3.05, 3.63) is 58.9 Å². The molecule has 0 unspecified atom stereocenters. The predicted molar refractivity (Wildman–Crippen MR) is 82.1 cm³/mol. The van der Waals surface area contributed by atoms with Gasteiger partial charge in [-0.3, -0.25) is 9.88 Å². The fraction of sp³-hybridized carbons (Fsp3) is 0.389. The van der Waals surface area contributed by atoms with Crippen molar-refractivity contribution in [2.75, 3.05) is 6.54 Å². The third-order valence-corrected chi connectivity index (χ3v) is 4.80. The van der Waals surface area contributed by atoms with Crippen molar-refractivity contribution < 1.29 is 5.11 Å². The van der Waals surface area contributed by atoms with Gasteiger partial charge in [0.05, 0.1) is 5.69 Å². The van der Waals surface area contributed by atoms with Gasteiger partial charge in [0.1, 0.15) is 5.75 Å². The van der Waals surface area contributed by atoms with Gasteiger partial charge in [0.15, 0.2) is 0 Å². The molecule has 2 aromatic rings. The number of hydrogen-bond donors (Lipinski definition) is 1. The van der Waals surface area contributed by atoms with Gasteiger partial charge in [0, 0.05) is 31.2 Å². The summed E-state index contributed by atoms with van der Waals surface area (Å²) in [7, 11) is 0. The molecule has 108 valence electrons. The van der Waals surface area contributed by atoms with Gasteiger partial charge in [-0.1, -0.05) is 12.1 Å². The first-order valence-electron chi connectivity index (χ1n) is 7.61. The molecule has 2 aliphatic rings. The molecule has 0 saturated heterocycles. The van der Waals surface area contributed by atoms with Crippen LogP contribution in [-0.4, -0.2) is 21.5 Å². The number of pyridine rings is 1. The molecule has 1 aliphatic carbocycles.